The smallest absolute Gasteiger partial charge is 0.266 e. The zero-order valence-electron chi connectivity index (χ0n) is 14.5. The number of methoxy groups -OCH3 is 2. The summed E-state index contributed by atoms with van der Waals surface area (Å²) >= 11 is 7.31. The molecular formula is C19H17ClN2O3S. The third kappa shape index (κ3) is 3.86. The van der Waals surface area contributed by atoms with Crippen LogP contribution in [0.3, 0.4) is 0 Å². The van der Waals surface area contributed by atoms with Gasteiger partial charge in [-0.25, -0.2) is 4.99 Å². The molecule has 1 heterocycles. The number of hydrogen-bond acceptors (Lipinski definition) is 5. The molecule has 0 bridgehead atoms. The number of thioether (sulfide) groups is 1. The van der Waals surface area contributed by atoms with E-state index >= 15 is 0 Å². The Morgan fingerprint density at radius 3 is 2.65 bits per heavy atom. The first kappa shape index (κ1) is 18.4. The molecule has 0 aliphatic carbocycles. The number of aliphatic imine (C=N–C) groups is 1. The van der Waals surface area contributed by atoms with Crippen molar-refractivity contribution < 1.29 is 14.3 Å². The van der Waals surface area contributed by atoms with Gasteiger partial charge < -0.3 is 9.47 Å². The van der Waals surface area contributed by atoms with Crippen molar-refractivity contribution in [1.82, 2.24) is 4.90 Å². The van der Waals surface area contributed by atoms with Gasteiger partial charge in [0.25, 0.3) is 5.91 Å². The van der Waals surface area contributed by atoms with Crippen LogP contribution in [0.25, 0.3) is 6.08 Å². The van der Waals surface area contributed by atoms with Crippen molar-refractivity contribution in [2.45, 2.75) is 0 Å². The van der Waals surface area contributed by atoms with Crippen molar-refractivity contribution in [3.63, 3.8) is 0 Å². The summed E-state index contributed by atoms with van der Waals surface area (Å²) in [7, 11) is 4.88. The monoisotopic (exact) mass is 388 g/mol. The summed E-state index contributed by atoms with van der Waals surface area (Å²) in [5, 5.41) is 1.19. The van der Waals surface area contributed by atoms with E-state index in [0.717, 1.165) is 5.56 Å². The molecule has 0 spiro atoms. The number of carbonyl (C=O) groups excluding carboxylic acids is 1. The van der Waals surface area contributed by atoms with E-state index in [-0.39, 0.29) is 5.91 Å². The minimum absolute atomic E-state index is 0.117. The number of benzene rings is 2. The van der Waals surface area contributed by atoms with E-state index in [9.17, 15) is 4.79 Å². The van der Waals surface area contributed by atoms with Crippen LogP contribution in [0.15, 0.2) is 52.4 Å². The number of amidine groups is 1. The summed E-state index contributed by atoms with van der Waals surface area (Å²) in [6, 6.07) is 12.6. The standard InChI is InChI=1S/C19H17ClN2O3S/c1-22-18(23)17(9-12-7-8-15(24-2)11-16(12)25-3)26-19(22)21-14-6-4-5-13(20)10-14/h4-11H,1-3H3/b17-9+,21-19?. The Hall–Kier alpha value is -2.44. The molecule has 1 aliphatic heterocycles. The van der Waals surface area contributed by atoms with Crippen LogP contribution in [-0.2, 0) is 4.79 Å². The molecule has 5 nitrogen and oxygen atoms in total. The minimum Gasteiger partial charge on any atom is -0.497 e. The highest BCUT2D eigenvalue weighted by molar-refractivity contribution is 8.18. The lowest BCUT2D eigenvalue weighted by molar-refractivity contribution is -0.121. The summed E-state index contributed by atoms with van der Waals surface area (Å²) in [4.78, 5) is 19.2. The summed E-state index contributed by atoms with van der Waals surface area (Å²) < 4.78 is 10.6. The molecule has 0 saturated carbocycles. The highest BCUT2D eigenvalue weighted by atomic mass is 35.5. The maximum absolute atomic E-state index is 12.6. The SMILES string of the molecule is COc1ccc(/C=C2/SC(=Nc3cccc(Cl)c3)N(C)C2=O)c(OC)c1. The zero-order chi connectivity index (χ0) is 18.7. The summed E-state index contributed by atoms with van der Waals surface area (Å²) in [6.45, 7) is 0. The van der Waals surface area contributed by atoms with Gasteiger partial charge in [-0.2, -0.15) is 0 Å². The van der Waals surface area contributed by atoms with E-state index in [4.69, 9.17) is 21.1 Å². The van der Waals surface area contributed by atoms with Crippen molar-refractivity contribution in [2.75, 3.05) is 21.3 Å². The molecule has 7 heteroatoms. The number of halogens is 1. The predicted molar refractivity (Wildman–Crippen MR) is 106 cm³/mol. The molecule has 3 rings (SSSR count). The van der Waals surface area contributed by atoms with Crippen LogP contribution in [0, 0.1) is 0 Å². The number of ether oxygens (including phenoxy) is 2. The first-order valence-corrected chi connectivity index (χ1v) is 8.95. The Balaban J connectivity index is 1.93. The fourth-order valence-corrected chi connectivity index (χ4v) is 3.55. The van der Waals surface area contributed by atoms with Gasteiger partial charge in [-0.3, -0.25) is 9.69 Å². The van der Waals surface area contributed by atoms with Crippen LogP contribution in [0.4, 0.5) is 5.69 Å². The van der Waals surface area contributed by atoms with Gasteiger partial charge in [0.1, 0.15) is 11.5 Å². The maximum Gasteiger partial charge on any atom is 0.266 e. The molecule has 0 atom stereocenters. The second-order valence-electron chi connectivity index (χ2n) is 5.46. The van der Waals surface area contributed by atoms with Crippen molar-refractivity contribution in [2.24, 2.45) is 4.99 Å². The van der Waals surface area contributed by atoms with Gasteiger partial charge in [0.2, 0.25) is 0 Å². The van der Waals surface area contributed by atoms with E-state index < -0.39 is 0 Å². The average Bonchev–Trinajstić information content (AvgIpc) is 2.90. The third-order valence-corrected chi connectivity index (χ3v) is 5.06. The van der Waals surface area contributed by atoms with Crippen LogP contribution in [-0.4, -0.2) is 37.2 Å². The van der Waals surface area contributed by atoms with E-state index in [1.54, 1.807) is 45.5 Å². The molecule has 1 saturated heterocycles. The predicted octanol–water partition coefficient (Wildman–Crippen LogP) is 4.59. The van der Waals surface area contributed by atoms with Gasteiger partial charge in [0, 0.05) is 23.7 Å². The Bertz CT molecular complexity index is 911. The Labute approximate surface area is 161 Å². The van der Waals surface area contributed by atoms with E-state index in [1.165, 1.54) is 16.7 Å². The Kier molecular flexibility index (Phi) is 5.54. The van der Waals surface area contributed by atoms with Crippen LogP contribution in [0.5, 0.6) is 11.5 Å². The van der Waals surface area contributed by atoms with Crippen molar-refractivity contribution in [3.05, 3.63) is 58.0 Å². The number of rotatable bonds is 4. The molecule has 1 amide bonds. The van der Waals surface area contributed by atoms with E-state index in [0.29, 0.717) is 32.3 Å². The molecule has 0 N–H and O–H groups in total. The first-order valence-electron chi connectivity index (χ1n) is 7.75. The topological polar surface area (TPSA) is 51.1 Å². The maximum atomic E-state index is 12.6. The molecule has 0 unspecified atom stereocenters. The van der Waals surface area contributed by atoms with E-state index in [2.05, 4.69) is 4.99 Å². The number of amides is 1. The summed E-state index contributed by atoms with van der Waals surface area (Å²) in [5.74, 6) is 1.21. The lowest BCUT2D eigenvalue weighted by atomic mass is 10.1. The molecule has 134 valence electrons. The lowest BCUT2D eigenvalue weighted by Crippen LogP contribution is -2.23. The molecular weight excluding hydrogens is 372 g/mol. The molecule has 2 aromatic carbocycles. The number of nitrogens with zero attached hydrogens (tertiary/aromatic N) is 2. The third-order valence-electron chi connectivity index (χ3n) is 3.76. The van der Waals surface area contributed by atoms with Gasteiger partial charge >= 0.3 is 0 Å². The highest BCUT2D eigenvalue weighted by Gasteiger charge is 2.30. The van der Waals surface area contributed by atoms with Gasteiger partial charge in [-0.15, -0.1) is 0 Å². The normalized spacial score (nSPS) is 17.2. The van der Waals surface area contributed by atoms with Crippen molar-refractivity contribution in [1.29, 1.82) is 0 Å². The fraction of sp³-hybridized carbons (Fsp3) is 0.158. The molecule has 0 aromatic heterocycles. The van der Waals surface area contributed by atoms with Gasteiger partial charge in [0.15, 0.2) is 5.17 Å². The number of hydrogen-bond donors (Lipinski definition) is 0. The van der Waals surface area contributed by atoms with Crippen molar-refractivity contribution >= 4 is 46.2 Å². The number of likely N-dealkylation sites (N-methyl/N-ethyl adjacent to an activating group) is 1. The van der Waals surface area contributed by atoms with Crippen molar-refractivity contribution in [3.8, 4) is 11.5 Å². The zero-order valence-corrected chi connectivity index (χ0v) is 16.1. The second kappa shape index (κ2) is 7.85. The largest absolute Gasteiger partial charge is 0.497 e. The number of carbonyl (C=O) groups is 1. The van der Waals surface area contributed by atoms with Crippen LogP contribution < -0.4 is 9.47 Å². The summed E-state index contributed by atoms with van der Waals surface area (Å²) in [6.07, 6.45) is 1.79. The van der Waals surface area contributed by atoms with E-state index in [1.807, 2.05) is 24.3 Å². The molecule has 26 heavy (non-hydrogen) atoms. The van der Waals surface area contributed by atoms with Crippen LogP contribution in [0.1, 0.15) is 5.56 Å². The average molecular weight is 389 g/mol. The highest BCUT2D eigenvalue weighted by Crippen LogP contribution is 2.35. The second-order valence-corrected chi connectivity index (χ2v) is 6.90. The van der Waals surface area contributed by atoms with Gasteiger partial charge in [-0.1, -0.05) is 17.7 Å². The van der Waals surface area contributed by atoms with Crippen LogP contribution >= 0.6 is 23.4 Å². The quantitative estimate of drug-likeness (QED) is 0.719. The van der Waals surface area contributed by atoms with Crippen LogP contribution in [0.2, 0.25) is 5.02 Å². The summed E-state index contributed by atoms with van der Waals surface area (Å²) in [5.41, 5.74) is 1.49. The van der Waals surface area contributed by atoms with Gasteiger partial charge in [-0.05, 0) is 48.2 Å². The van der Waals surface area contributed by atoms with Gasteiger partial charge in [0.05, 0.1) is 24.8 Å². The minimum atomic E-state index is -0.117. The molecule has 1 fully saturated rings. The Morgan fingerprint density at radius 1 is 1.15 bits per heavy atom. The molecule has 0 radical (unpaired) electrons. The molecule has 2 aromatic rings. The lowest BCUT2D eigenvalue weighted by Gasteiger charge is -2.08. The fourth-order valence-electron chi connectivity index (χ4n) is 2.39. The Morgan fingerprint density at radius 2 is 1.96 bits per heavy atom. The molecule has 1 aliphatic rings. The first-order chi connectivity index (χ1) is 12.5.